The highest BCUT2D eigenvalue weighted by Crippen LogP contribution is 2.22. The molecule has 1 rings (SSSR count). The molecule has 0 bridgehead atoms. The molecule has 17 heavy (non-hydrogen) atoms. The number of aliphatic hydroxyl groups is 1. The van der Waals surface area contributed by atoms with E-state index >= 15 is 0 Å². The van der Waals surface area contributed by atoms with Crippen LogP contribution in [0.1, 0.15) is 6.92 Å². The number of hydrogen-bond donors (Lipinski definition) is 3. The first-order valence-corrected chi connectivity index (χ1v) is 6.31. The number of carbonyl (C=O) groups is 1. The second-order valence-electron chi connectivity index (χ2n) is 3.53. The first-order chi connectivity index (χ1) is 8.06. The third-order valence-corrected chi connectivity index (χ3v) is 2.83. The quantitative estimate of drug-likeness (QED) is 0.724. The van der Waals surface area contributed by atoms with Crippen LogP contribution in [0, 0.1) is 5.82 Å². The molecule has 0 radical (unpaired) electrons. The average molecular weight is 258 g/mol. The van der Waals surface area contributed by atoms with E-state index in [1.807, 2.05) is 0 Å². The Bertz CT molecular complexity index is 401. The summed E-state index contributed by atoms with van der Waals surface area (Å²) in [5, 5.41) is 13.7. The van der Waals surface area contributed by atoms with Crippen LogP contribution < -0.4 is 10.6 Å². The van der Waals surface area contributed by atoms with Gasteiger partial charge >= 0.3 is 6.03 Å². The molecule has 1 aromatic carbocycles. The Kier molecular flexibility index (Phi) is 5.24. The Morgan fingerprint density at radius 3 is 2.82 bits per heavy atom. The van der Waals surface area contributed by atoms with Crippen LogP contribution in [0.15, 0.2) is 23.1 Å². The molecule has 0 aliphatic carbocycles. The summed E-state index contributed by atoms with van der Waals surface area (Å²) in [6.07, 6.45) is 1.78. The van der Waals surface area contributed by atoms with Crippen molar-refractivity contribution < 1.29 is 14.3 Å². The smallest absolute Gasteiger partial charge is 0.319 e. The van der Waals surface area contributed by atoms with E-state index in [-0.39, 0.29) is 18.5 Å². The lowest BCUT2D eigenvalue weighted by Crippen LogP contribution is -2.38. The lowest BCUT2D eigenvalue weighted by Gasteiger charge is -2.12. The van der Waals surface area contributed by atoms with Gasteiger partial charge in [0.2, 0.25) is 0 Å². The fraction of sp³-hybridized carbons (Fsp3) is 0.364. The summed E-state index contributed by atoms with van der Waals surface area (Å²) >= 11 is 1.30. The zero-order valence-corrected chi connectivity index (χ0v) is 10.5. The Hall–Kier alpha value is -1.27. The van der Waals surface area contributed by atoms with Crippen molar-refractivity contribution in [2.75, 3.05) is 18.2 Å². The van der Waals surface area contributed by atoms with Gasteiger partial charge in [0.25, 0.3) is 0 Å². The zero-order chi connectivity index (χ0) is 12.8. The van der Waals surface area contributed by atoms with Gasteiger partial charge in [-0.2, -0.15) is 0 Å². The first-order valence-electron chi connectivity index (χ1n) is 5.08. The number of nitrogens with one attached hydrogen (secondary N) is 2. The maximum atomic E-state index is 13.4. The third kappa shape index (κ3) is 4.24. The molecule has 2 amide bonds. The molecular weight excluding hydrogens is 243 g/mol. The number of anilines is 1. The molecule has 1 aromatic rings. The molecule has 0 saturated heterocycles. The summed E-state index contributed by atoms with van der Waals surface area (Å²) in [4.78, 5) is 11.9. The van der Waals surface area contributed by atoms with E-state index in [1.54, 1.807) is 25.3 Å². The standard InChI is InChI=1S/C11H15FN2O2S/c1-7(6-15)13-11(16)14-8-3-4-10(17-2)9(12)5-8/h3-5,7,15H,6H2,1-2H3,(H2,13,14,16). The molecule has 3 N–H and O–H groups in total. The van der Waals surface area contributed by atoms with Gasteiger partial charge in [-0.15, -0.1) is 11.8 Å². The molecule has 1 unspecified atom stereocenters. The number of benzene rings is 1. The van der Waals surface area contributed by atoms with Crippen molar-refractivity contribution in [2.24, 2.45) is 0 Å². The summed E-state index contributed by atoms with van der Waals surface area (Å²) < 4.78 is 13.4. The van der Waals surface area contributed by atoms with Crippen LogP contribution in [-0.4, -0.2) is 30.0 Å². The fourth-order valence-electron chi connectivity index (χ4n) is 1.18. The number of hydrogen-bond acceptors (Lipinski definition) is 3. The lowest BCUT2D eigenvalue weighted by molar-refractivity contribution is 0.229. The normalized spacial score (nSPS) is 12.0. The third-order valence-electron chi connectivity index (χ3n) is 2.06. The van der Waals surface area contributed by atoms with Crippen molar-refractivity contribution in [1.29, 1.82) is 0 Å². The number of halogens is 1. The largest absolute Gasteiger partial charge is 0.394 e. The van der Waals surface area contributed by atoms with Gasteiger partial charge < -0.3 is 15.7 Å². The van der Waals surface area contributed by atoms with E-state index < -0.39 is 6.03 Å². The van der Waals surface area contributed by atoms with Gasteiger partial charge in [-0.05, 0) is 31.4 Å². The van der Waals surface area contributed by atoms with Crippen LogP contribution >= 0.6 is 11.8 Å². The second kappa shape index (κ2) is 6.46. The fourth-order valence-corrected chi connectivity index (χ4v) is 1.64. The molecule has 1 atom stereocenters. The number of thioether (sulfide) groups is 1. The minimum absolute atomic E-state index is 0.146. The van der Waals surface area contributed by atoms with Crippen LogP contribution in [0.3, 0.4) is 0 Å². The molecule has 0 heterocycles. The van der Waals surface area contributed by atoms with Gasteiger partial charge in [-0.25, -0.2) is 9.18 Å². The van der Waals surface area contributed by atoms with Crippen molar-refractivity contribution in [3.05, 3.63) is 24.0 Å². The maximum absolute atomic E-state index is 13.4. The molecule has 0 spiro atoms. The number of aliphatic hydroxyl groups excluding tert-OH is 1. The highest BCUT2D eigenvalue weighted by molar-refractivity contribution is 7.98. The monoisotopic (exact) mass is 258 g/mol. The van der Waals surface area contributed by atoms with E-state index in [2.05, 4.69) is 10.6 Å². The van der Waals surface area contributed by atoms with E-state index in [0.29, 0.717) is 10.6 Å². The summed E-state index contributed by atoms with van der Waals surface area (Å²) in [7, 11) is 0. The predicted molar refractivity (Wildman–Crippen MR) is 66.9 cm³/mol. The van der Waals surface area contributed by atoms with Gasteiger partial charge in [0.05, 0.1) is 12.6 Å². The van der Waals surface area contributed by atoms with Crippen molar-refractivity contribution in [3.8, 4) is 0 Å². The van der Waals surface area contributed by atoms with E-state index in [4.69, 9.17) is 5.11 Å². The summed E-state index contributed by atoms with van der Waals surface area (Å²) in [5.74, 6) is -0.370. The maximum Gasteiger partial charge on any atom is 0.319 e. The van der Waals surface area contributed by atoms with Gasteiger partial charge in [0, 0.05) is 10.6 Å². The van der Waals surface area contributed by atoms with Crippen LogP contribution in [0.25, 0.3) is 0 Å². The topological polar surface area (TPSA) is 61.4 Å². The number of carbonyl (C=O) groups excluding carboxylic acids is 1. The van der Waals surface area contributed by atoms with Gasteiger partial charge in [-0.1, -0.05) is 0 Å². The minimum atomic E-state index is -0.470. The molecule has 0 saturated carbocycles. The molecule has 94 valence electrons. The van der Waals surface area contributed by atoms with Gasteiger partial charge in [0.15, 0.2) is 0 Å². The second-order valence-corrected chi connectivity index (χ2v) is 4.38. The molecular formula is C11H15FN2O2S. The summed E-state index contributed by atoms with van der Waals surface area (Å²) in [6.45, 7) is 1.52. The molecule has 0 aromatic heterocycles. The SMILES string of the molecule is CSc1ccc(NC(=O)NC(C)CO)cc1F. The van der Waals surface area contributed by atoms with Crippen LogP contribution in [0.4, 0.5) is 14.9 Å². The highest BCUT2D eigenvalue weighted by atomic mass is 32.2. The lowest BCUT2D eigenvalue weighted by atomic mass is 10.3. The molecule has 0 aliphatic rings. The predicted octanol–water partition coefficient (Wildman–Crippen LogP) is 2.05. The van der Waals surface area contributed by atoms with Crippen LogP contribution in [0.2, 0.25) is 0 Å². The number of rotatable bonds is 4. The Labute approximate surface area is 104 Å². The molecule has 0 fully saturated rings. The summed E-state index contributed by atoms with van der Waals surface area (Å²) in [5.41, 5.74) is 0.378. The Balaban J connectivity index is 2.63. The molecule has 6 heteroatoms. The Morgan fingerprint density at radius 1 is 1.59 bits per heavy atom. The average Bonchev–Trinajstić information content (AvgIpc) is 2.29. The van der Waals surface area contributed by atoms with E-state index in [1.165, 1.54) is 17.8 Å². The van der Waals surface area contributed by atoms with Crippen LogP contribution in [-0.2, 0) is 0 Å². The zero-order valence-electron chi connectivity index (χ0n) is 9.66. The molecule has 4 nitrogen and oxygen atoms in total. The van der Waals surface area contributed by atoms with Gasteiger partial charge in [-0.3, -0.25) is 0 Å². The van der Waals surface area contributed by atoms with E-state index in [9.17, 15) is 9.18 Å². The number of amides is 2. The Morgan fingerprint density at radius 2 is 2.29 bits per heavy atom. The van der Waals surface area contributed by atoms with E-state index in [0.717, 1.165) is 0 Å². The minimum Gasteiger partial charge on any atom is -0.394 e. The first kappa shape index (κ1) is 13.8. The summed E-state index contributed by atoms with van der Waals surface area (Å²) in [6, 6.07) is 3.67. The highest BCUT2D eigenvalue weighted by Gasteiger charge is 2.07. The van der Waals surface area contributed by atoms with Gasteiger partial charge in [0.1, 0.15) is 5.82 Å². The molecule has 0 aliphatic heterocycles. The van der Waals surface area contributed by atoms with Crippen LogP contribution in [0.5, 0.6) is 0 Å². The van der Waals surface area contributed by atoms with Crippen molar-refractivity contribution in [3.63, 3.8) is 0 Å². The van der Waals surface area contributed by atoms with Crippen molar-refractivity contribution >= 4 is 23.5 Å². The van der Waals surface area contributed by atoms with Crippen molar-refractivity contribution in [1.82, 2.24) is 5.32 Å². The van der Waals surface area contributed by atoms with Crippen molar-refractivity contribution in [2.45, 2.75) is 17.9 Å². The number of urea groups is 1.